The van der Waals surface area contributed by atoms with Gasteiger partial charge in [-0.15, -0.1) is 0 Å². The molecule has 0 unspecified atom stereocenters. The van der Waals surface area contributed by atoms with E-state index in [9.17, 15) is 10.0 Å². The number of hydrogen-bond acceptors (Lipinski definition) is 2. The van der Waals surface area contributed by atoms with Crippen LogP contribution in [0.25, 0.3) is 10.9 Å². The molecule has 0 atom stereocenters. The maximum atomic E-state index is 11.6. The number of carbonyl (C=O) groups is 1. The van der Waals surface area contributed by atoms with Gasteiger partial charge < -0.3 is 10.3 Å². The number of carboxylic acid groups (broad SMARTS) is 1. The molecular formula is C10H6BrNO3. The summed E-state index contributed by atoms with van der Waals surface area (Å²) in [4.78, 5) is 10.7. The van der Waals surface area contributed by atoms with Gasteiger partial charge in [0.2, 0.25) is 5.52 Å². The van der Waals surface area contributed by atoms with Crippen LogP contribution in [0.4, 0.5) is 0 Å². The first-order chi connectivity index (χ1) is 7.09. The van der Waals surface area contributed by atoms with Crippen molar-refractivity contribution in [2.75, 3.05) is 0 Å². The third-order valence-corrected chi connectivity index (χ3v) is 2.56. The average molecular weight is 268 g/mol. The maximum absolute atomic E-state index is 11.6. The Bertz CT molecular complexity index is 554. The van der Waals surface area contributed by atoms with E-state index in [1.165, 1.54) is 6.07 Å². The molecule has 2 rings (SSSR count). The number of pyridine rings is 1. The van der Waals surface area contributed by atoms with Crippen molar-refractivity contribution in [1.29, 1.82) is 0 Å². The Hall–Kier alpha value is -1.62. The summed E-state index contributed by atoms with van der Waals surface area (Å²) in [6.07, 6.45) is 0. The van der Waals surface area contributed by atoms with Crippen molar-refractivity contribution in [2.24, 2.45) is 0 Å². The predicted octanol–water partition coefficient (Wildman–Crippen LogP) is 1.93. The molecule has 0 amide bonds. The van der Waals surface area contributed by atoms with Crippen molar-refractivity contribution < 1.29 is 14.6 Å². The number of rotatable bonds is 1. The molecule has 0 fully saturated rings. The molecule has 1 aromatic carbocycles. The zero-order chi connectivity index (χ0) is 11.0. The molecule has 2 aromatic rings. The van der Waals surface area contributed by atoms with Crippen molar-refractivity contribution in [3.8, 4) is 0 Å². The summed E-state index contributed by atoms with van der Waals surface area (Å²) in [5.74, 6) is -1.23. The minimum absolute atomic E-state index is 0.273. The molecule has 0 saturated carbocycles. The first-order valence-corrected chi connectivity index (χ1v) is 4.94. The number of hydrogen-bond donors (Lipinski definition) is 1. The third kappa shape index (κ3) is 1.66. The predicted molar refractivity (Wildman–Crippen MR) is 57.6 cm³/mol. The van der Waals surface area contributed by atoms with Crippen LogP contribution in [-0.2, 0) is 0 Å². The van der Waals surface area contributed by atoms with E-state index < -0.39 is 5.97 Å². The Morgan fingerprint density at radius 3 is 2.73 bits per heavy atom. The molecule has 1 N–H and O–H groups in total. The van der Waals surface area contributed by atoms with E-state index in [-0.39, 0.29) is 5.69 Å². The van der Waals surface area contributed by atoms with Crippen LogP contribution in [0.2, 0.25) is 0 Å². The van der Waals surface area contributed by atoms with Crippen molar-refractivity contribution in [3.05, 3.63) is 45.7 Å². The van der Waals surface area contributed by atoms with Gasteiger partial charge in [-0.2, -0.15) is 4.73 Å². The fourth-order valence-corrected chi connectivity index (χ4v) is 1.75. The molecule has 76 valence electrons. The first-order valence-electron chi connectivity index (χ1n) is 4.15. The van der Waals surface area contributed by atoms with E-state index >= 15 is 0 Å². The summed E-state index contributed by atoms with van der Waals surface area (Å²) in [7, 11) is 0. The molecule has 0 spiro atoms. The standard InChI is InChI=1S/C10H6BrNO3/c11-7-2-4-8-6(5-7)1-3-9(10(13)14)12(8)15/h1-5H,(H,13,14). The maximum Gasteiger partial charge on any atom is 0.402 e. The molecule has 0 bridgehead atoms. The molecule has 0 radical (unpaired) electrons. The topological polar surface area (TPSA) is 64.2 Å². The van der Waals surface area contributed by atoms with Crippen molar-refractivity contribution in [1.82, 2.24) is 0 Å². The second kappa shape index (κ2) is 3.51. The van der Waals surface area contributed by atoms with E-state index in [0.717, 1.165) is 4.47 Å². The zero-order valence-corrected chi connectivity index (χ0v) is 9.06. The number of aromatic nitrogens is 1. The lowest BCUT2D eigenvalue weighted by atomic mass is 10.2. The second-order valence-electron chi connectivity index (χ2n) is 3.02. The highest BCUT2D eigenvalue weighted by molar-refractivity contribution is 9.10. The van der Waals surface area contributed by atoms with Crippen molar-refractivity contribution >= 4 is 32.8 Å². The van der Waals surface area contributed by atoms with Gasteiger partial charge in [0.05, 0.1) is 0 Å². The van der Waals surface area contributed by atoms with Crippen molar-refractivity contribution in [2.45, 2.75) is 0 Å². The molecule has 0 saturated heterocycles. The highest BCUT2D eigenvalue weighted by atomic mass is 79.9. The molecular weight excluding hydrogens is 262 g/mol. The lowest BCUT2D eigenvalue weighted by Gasteiger charge is -2.04. The molecule has 15 heavy (non-hydrogen) atoms. The van der Waals surface area contributed by atoms with Gasteiger partial charge in [-0.3, -0.25) is 0 Å². The van der Waals surface area contributed by atoms with Crippen LogP contribution in [0.1, 0.15) is 10.5 Å². The highest BCUT2D eigenvalue weighted by Gasteiger charge is 2.16. The normalized spacial score (nSPS) is 10.5. The first kappa shape index (κ1) is 9.92. The highest BCUT2D eigenvalue weighted by Crippen LogP contribution is 2.17. The number of aromatic carboxylic acids is 1. The van der Waals surface area contributed by atoms with Crippen LogP contribution in [-0.4, -0.2) is 11.1 Å². The van der Waals surface area contributed by atoms with E-state index in [0.29, 0.717) is 15.6 Å². The zero-order valence-electron chi connectivity index (χ0n) is 7.48. The molecule has 4 nitrogen and oxygen atoms in total. The van der Waals surface area contributed by atoms with Crippen LogP contribution in [0, 0.1) is 5.21 Å². The van der Waals surface area contributed by atoms with E-state index in [1.54, 1.807) is 24.3 Å². The number of carboxylic acids is 1. The van der Waals surface area contributed by atoms with Gasteiger partial charge in [-0.05, 0) is 18.2 Å². The number of fused-ring (bicyclic) bond motifs is 1. The van der Waals surface area contributed by atoms with Gasteiger partial charge >= 0.3 is 11.7 Å². The van der Waals surface area contributed by atoms with Crippen LogP contribution in [0.15, 0.2) is 34.8 Å². The summed E-state index contributed by atoms with van der Waals surface area (Å²) in [6.45, 7) is 0. The van der Waals surface area contributed by atoms with Gasteiger partial charge in [-0.1, -0.05) is 15.9 Å². The molecule has 0 aliphatic heterocycles. The number of halogens is 1. The van der Waals surface area contributed by atoms with Gasteiger partial charge in [0.25, 0.3) is 0 Å². The van der Waals surface area contributed by atoms with Crippen LogP contribution < -0.4 is 4.73 Å². The summed E-state index contributed by atoms with van der Waals surface area (Å²) < 4.78 is 1.27. The van der Waals surface area contributed by atoms with Gasteiger partial charge in [0, 0.05) is 22.0 Å². The van der Waals surface area contributed by atoms with Gasteiger partial charge in [0.1, 0.15) is 0 Å². The van der Waals surface area contributed by atoms with Crippen LogP contribution >= 0.6 is 15.9 Å². The van der Waals surface area contributed by atoms with E-state index in [2.05, 4.69) is 15.9 Å². The van der Waals surface area contributed by atoms with Crippen molar-refractivity contribution in [3.63, 3.8) is 0 Å². The Balaban J connectivity index is 2.80. The molecule has 5 heteroatoms. The minimum atomic E-state index is -1.23. The average Bonchev–Trinajstić information content (AvgIpc) is 2.17. The van der Waals surface area contributed by atoms with E-state index in [1.807, 2.05) is 0 Å². The molecule has 1 aromatic heterocycles. The lowest BCUT2D eigenvalue weighted by Crippen LogP contribution is -2.35. The van der Waals surface area contributed by atoms with E-state index in [4.69, 9.17) is 5.11 Å². The van der Waals surface area contributed by atoms with Gasteiger partial charge in [0.15, 0.2) is 0 Å². The lowest BCUT2D eigenvalue weighted by molar-refractivity contribution is -0.580. The minimum Gasteiger partial charge on any atom is -0.618 e. The Morgan fingerprint density at radius 2 is 2.07 bits per heavy atom. The largest absolute Gasteiger partial charge is 0.618 e. The number of nitrogens with zero attached hydrogens (tertiary/aromatic N) is 1. The summed E-state index contributed by atoms with van der Waals surface area (Å²) in [5, 5.41) is 21.0. The second-order valence-corrected chi connectivity index (χ2v) is 3.94. The molecule has 0 aliphatic rings. The summed E-state index contributed by atoms with van der Waals surface area (Å²) in [6, 6.07) is 7.94. The Labute approximate surface area is 93.5 Å². The molecule has 0 aliphatic carbocycles. The summed E-state index contributed by atoms with van der Waals surface area (Å²) >= 11 is 3.28. The smallest absolute Gasteiger partial charge is 0.402 e. The Kier molecular flexibility index (Phi) is 2.32. The quantitative estimate of drug-likeness (QED) is 0.635. The van der Waals surface area contributed by atoms with Crippen LogP contribution in [0.3, 0.4) is 0 Å². The fraction of sp³-hybridized carbons (Fsp3) is 0. The van der Waals surface area contributed by atoms with Crippen LogP contribution in [0.5, 0.6) is 0 Å². The third-order valence-electron chi connectivity index (χ3n) is 2.07. The SMILES string of the molecule is O=C(O)c1ccc2cc(Br)ccc2[n+]1[O-]. The monoisotopic (exact) mass is 267 g/mol. The van der Waals surface area contributed by atoms with Gasteiger partial charge in [-0.25, -0.2) is 4.79 Å². The fourth-order valence-electron chi connectivity index (χ4n) is 1.37. The number of benzene rings is 1. The molecule has 1 heterocycles. The Morgan fingerprint density at radius 1 is 1.33 bits per heavy atom. The summed E-state index contributed by atoms with van der Waals surface area (Å²) in [5.41, 5.74) is 0.0722.